The topological polar surface area (TPSA) is 60.6 Å². The molecule has 0 spiro atoms. The summed E-state index contributed by atoms with van der Waals surface area (Å²) in [5.41, 5.74) is -0.185. The molecule has 6 nitrogen and oxygen atoms in total. The Kier molecular flexibility index (Phi) is 4.54. The predicted molar refractivity (Wildman–Crippen MR) is 69.8 cm³/mol. The molecule has 1 aromatic rings. The molecular weight excluding hydrogens is 246 g/mol. The van der Waals surface area contributed by atoms with Gasteiger partial charge < -0.3 is 13.9 Å². The Hall–Kier alpha value is -0.980. The van der Waals surface area contributed by atoms with Crippen molar-refractivity contribution in [2.45, 2.75) is 45.4 Å². The van der Waals surface area contributed by atoms with Crippen LogP contribution in [0.1, 0.15) is 32.6 Å². The van der Waals surface area contributed by atoms with E-state index in [1.54, 1.807) is 7.11 Å². The van der Waals surface area contributed by atoms with Gasteiger partial charge in [-0.25, -0.2) is 0 Å². The minimum atomic E-state index is -0.185. The predicted octanol–water partition coefficient (Wildman–Crippen LogP) is 1.26. The maximum atomic E-state index is 5.98. The van der Waals surface area contributed by atoms with E-state index in [-0.39, 0.29) is 11.7 Å². The van der Waals surface area contributed by atoms with Crippen LogP contribution < -0.4 is 0 Å². The van der Waals surface area contributed by atoms with Gasteiger partial charge in [-0.1, -0.05) is 6.92 Å². The third kappa shape index (κ3) is 3.99. The fourth-order valence-corrected chi connectivity index (χ4v) is 2.50. The van der Waals surface area contributed by atoms with Crippen molar-refractivity contribution >= 4 is 0 Å². The van der Waals surface area contributed by atoms with Crippen molar-refractivity contribution in [1.29, 1.82) is 0 Å². The Balaban J connectivity index is 1.98. The van der Waals surface area contributed by atoms with Gasteiger partial charge in [0.15, 0.2) is 0 Å². The van der Waals surface area contributed by atoms with Crippen molar-refractivity contribution < 1.29 is 13.9 Å². The van der Waals surface area contributed by atoms with Crippen LogP contribution in [0.2, 0.25) is 0 Å². The summed E-state index contributed by atoms with van der Waals surface area (Å²) < 4.78 is 16.7. The van der Waals surface area contributed by atoms with Crippen LogP contribution in [0.3, 0.4) is 0 Å². The normalized spacial score (nSPS) is 23.7. The highest BCUT2D eigenvalue weighted by Crippen LogP contribution is 2.22. The Morgan fingerprint density at radius 2 is 2.11 bits per heavy atom. The van der Waals surface area contributed by atoms with Crippen LogP contribution in [0, 0.1) is 0 Å². The zero-order valence-corrected chi connectivity index (χ0v) is 12.2. The summed E-state index contributed by atoms with van der Waals surface area (Å²) in [6.07, 6.45) is 0.857. The van der Waals surface area contributed by atoms with E-state index in [2.05, 4.69) is 28.9 Å². The van der Waals surface area contributed by atoms with E-state index in [1.807, 2.05) is 6.92 Å². The molecule has 2 rings (SSSR count). The summed E-state index contributed by atoms with van der Waals surface area (Å²) in [6.45, 7) is 9.12. The summed E-state index contributed by atoms with van der Waals surface area (Å²) in [6, 6.07) is 0. The molecule has 0 bridgehead atoms. The Morgan fingerprint density at radius 3 is 2.74 bits per heavy atom. The van der Waals surface area contributed by atoms with Crippen LogP contribution in [0.15, 0.2) is 4.42 Å². The highest BCUT2D eigenvalue weighted by molar-refractivity contribution is 4.88. The fraction of sp³-hybridized carbons (Fsp3) is 0.846. The van der Waals surface area contributed by atoms with Gasteiger partial charge in [0, 0.05) is 26.6 Å². The minimum Gasteiger partial charge on any atom is -0.424 e. The van der Waals surface area contributed by atoms with E-state index in [0.717, 1.165) is 19.5 Å². The molecule has 1 fully saturated rings. The molecular formula is C13H23N3O3. The number of nitrogens with zero attached hydrogens (tertiary/aromatic N) is 3. The first-order valence-corrected chi connectivity index (χ1v) is 6.73. The molecule has 0 saturated carbocycles. The Labute approximate surface area is 114 Å². The molecule has 1 saturated heterocycles. The molecule has 0 aliphatic carbocycles. The van der Waals surface area contributed by atoms with Crippen molar-refractivity contribution in [3.63, 3.8) is 0 Å². The molecule has 0 unspecified atom stereocenters. The van der Waals surface area contributed by atoms with E-state index in [0.29, 0.717) is 24.9 Å². The zero-order valence-electron chi connectivity index (χ0n) is 12.2. The average molecular weight is 269 g/mol. The van der Waals surface area contributed by atoms with Crippen LogP contribution in [0.25, 0.3) is 0 Å². The van der Waals surface area contributed by atoms with Crippen molar-refractivity contribution in [3.05, 3.63) is 11.8 Å². The molecule has 0 radical (unpaired) electrons. The first kappa shape index (κ1) is 14.4. The van der Waals surface area contributed by atoms with Gasteiger partial charge in [-0.05, 0) is 13.8 Å². The third-order valence-corrected chi connectivity index (χ3v) is 3.07. The summed E-state index contributed by atoms with van der Waals surface area (Å²) in [4.78, 5) is 2.28. The second-order valence-corrected chi connectivity index (χ2v) is 5.57. The van der Waals surface area contributed by atoms with Gasteiger partial charge in [0.1, 0.15) is 0 Å². The molecule has 0 N–H and O–H groups in total. The van der Waals surface area contributed by atoms with Crippen molar-refractivity contribution in [3.8, 4) is 0 Å². The summed E-state index contributed by atoms with van der Waals surface area (Å²) >= 11 is 0. The lowest BCUT2D eigenvalue weighted by Crippen LogP contribution is -2.53. The van der Waals surface area contributed by atoms with Gasteiger partial charge in [0.2, 0.25) is 11.8 Å². The zero-order chi connectivity index (χ0) is 13.9. The third-order valence-electron chi connectivity index (χ3n) is 3.07. The molecule has 2 heterocycles. The molecule has 1 aromatic heterocycles. The van der Waals surface area contributed by atoms with Crippen LogP contribution in [-0.4, -0.2) is 53.6 Å². The molecule has 0 amide bonds. The number of aryl methyl sites for hydroxylation is 1. The van der Waals surface area contributed by atoms with Crippen molar-refractivity contribution in [1.82, 2.24) is 15.1 Å². The highest BCUT2D eigenvalue weighted by atomic mass is 16.5. The van der Waals surface area contributed by atoms with Crippen LogP contribution in [0.4, 0.5) is 0 Å². The second kappa shape index (κ2) is 5.98. The monoisotopic (exact) mass is 269 g/mol. The lowest BCUT2D eigenvalue weighted by Gasteiger charge is -2.42. The van der Waals surface area contributed by atoms with E-state index >= 15 is 0 Å². The minimum absolute atomic E-state index is 0.0855. The van der Waals surface area contributed by atoms with E-state index in [4.69, 9.17) is 13.9 Å². The molecule has 0 aromatic carbocycles. The quantitative estimate of drug-likeness (QED) is 0.802. The number of rotatable bonds is 5. The number of hydrogen-bond acceptors (Lipinski definition) is 6. The van der Waals surface area contributed by atoms with E-state index in [1.165, 1.54) is 0 Å². The van der Waals surface area contributed by atoms with Gasteiger partial charge in [0.05, 0.1) is 24.9 Å². The summed E-state index contributed by atoms with van der Waals surface area (Å²) in [5.74, 6) is 1.36. The van der Waals surface area contributed by atoms with Crippen molar-refractivity contribution in [2.75, 3.05) is 26.8 Å². The van der Waals surface area contributed by atoms with Crippen molar-refractivity contribution in [2.24, 2.45) is 0 Å². The summed E-state index contributed by atoms with van der Waals surface area (Å²) in [7, 11) is 1.70. The highest BCUT2D eigenvalue weighted by Gasteiger charge is 2.33. The van der Waals surface area contributed by atoms with Gasteiger partial charge in [-0.15, -0.1) is 10.2 Å². The maximum Gasteiger partial charge on any atom is 0.230 e. The number of methoxy groups -OCH3 is 1. The fourth-order valence-electron chi connectivity index (χ4n) is 2.50. The first-order valence-electron chi connectivity index (χ1n) is 6.73. The standard InChI is InChI=1S/C13H23N3O3/c1-5-11-14-15-12(18-11)7-16-6-10(8-17-4)19-13(2,3)9-16/h10H,5-9H2,1-4H3/t10-/m0/s1. The number of aromatic nitrogens is 2. The average Bonchev–Trinajstić information content (AvgIpc) is 2.75. The van der Waals surface area contributed by atoms with E-state index in [9.17, 15) is 0 Å². The number of morpholine rings is 1. The maximum absolute atomic E-state index is 5.98. The van der Waals surface area contributed by atoms with Crippen LogP contribution >= 0.6 is 0 Å². The smallest absolute Gasteiger partial charge is 0.230 e. The molecule has 1 aliphatic heterocycles. The summed E-state index contributed by atoms with van der Waals surface area (Å²) in [5, 5.41) is 8.06. The van der Waals surface area contributed by atoms with Gasteiger partial charge >= 0.3 is 0 Å². The molecule has 6 heteroatoms. The lowest BCUT2D eigenvalue weighted by molar-refractivity contribution is -0.155. The largest absolute Gasteiger partial charge is 0.424 e. The van der Waals surface area contributed by atoms with Crippen LogP contribution in [0.5, 0.6) is 0 Å². The number of ether oxygens (including phenoxy) is 2. The van der Waals surface area contributed by atoms with Gasteiger partial charge in [-0.2, -0.15) is 0 Å². The van der Waals surface area contributed by atoms with E-state index < -0.39 is 0 Å². The lowest BCUT2D eigenvalue weighted by atomic mass is 10.1. The van der Waals surface area contributed by atoms with Crippen LogP contribution in [-0.2, 0) is 22.4 Å². The Bertz CT molecular complexity index is 406. The Morgan fingerprint density at radius 1 is 1.37 bits per heavy atom. The first-order chi connectivity index (χ1) is 9.02. The molecule has 19 heavy (non-hydrogen) atoms. The molecule has 108 valence electrons. The number of hydrogen-bond donors (Lipinski definition) is 0. The molecule has 1 atom stereocenters. The second-order valence-electron chi connectivity index (χ2n) is 5.57. The molecule has 1 aliphatic rings. The van der Waals surface area contributed by atoms with Gasteiger partial charge in [-0.3, -0.25) is 4.90 Å². The van der Waals surface area contributed by atoms with Gasteiger partial charge in [0.25, 0.3) is 0 Å². The SMILES string of the molecule is CCc1nnc(CN2C[C@@H](COC)OC(C)(C)C2)o1.